The largest absolute Gasteiger partial charge is 0.487 e. The minimum absolute atomic E-state index is 0.144. The Morgan fingerprint density at radius 3 is 2.41 bits per heavy atom. The highest BCUT2D eigenvalue weighted by molar-refractivity contribution is 5.99. The van der Waals surface area contributed by atoms with Gasteiger partial charge in [0.15, 0.2) is 0 Å². The van der Waals surface area contributed by atoms with Crippen molar-refractivity contribution < 1.29 is 14.3 Å². The number of carbonyl (C=O) groups is 2. The third-order valence-corrected chi connectivity index (χ3v) is 7.81. The number of carbonyl (C=O) groups excluding carboxylic acids is 2. The average molecular weight is 612 g/mol. The molecule has 1 N–H and O–H groups in total. The second-order valence-corrected chi connectivity index (χ2v) is 11.1. The summed E-state index contributed by atoms with van der Waals surface area (Å²) in [7, 11) is 1.71. The molecule has 5 rings (SSSR count). The van der Waals surface area contributed by atoms with Gasteiger partial charge in [-0.05, 0) is 110 Å². The van der Waals surface area contributed by atoms with Crippen LogP contribution in [0.15, 0.2) is 85.2 Å². The molecule has 232 valence electrons. The van der Waals surface area contributed by atoms with Crippen LogP contribution in [0.1, 0.15) is 44.9 Å². The van der Waals surface area contributed by atoms with Crippen molar-refractivity contribution in [3.8, 4) is 5.75 Å². The quantitative estimate of drug-likeness (QED) is 0.175. The topological polar surface area (TPSA) is 97.3 Å². The molecule has 8 nitrogen and oxygen atoms in total. The first-order valence-corrected chi connectivity index (χ1v) is 15.1. The van der Waals surface area contributed by atoms with Crippen LogP contribution in [0.25, 0.3) is 29.1 Å². The smallest absolute Gasteiger partial charge is 0.246 e. The molecule has 5 aromatic rings. The lowest BCUT2D eigenvalue weighted by atomic mass is 10.0. The molecule has 2 amide bonds. The van der Waals surface area contributed by atoms with E-state index < -0.39 is 0 Å². The maximum atomic E-state index is 13.1. The average Bonchev–Trinajstić information content (AvgIpc) is 3.06. The van der Waals surface area contributed by atoms with E-state index >= 15 is 0 Å². The number of para-hydroxylation sites is 1. The highest BCUT2D eigenvalue weighted by Crippen LogP contribution is 2.30. The molecule has 0 atom stereocenters. The highest BCUT2D eigenvalue weighted by atomic mass is 16.5. The number of aryl methyl sites for hydroxylation is 3. The number of pyridine rings is 3. The SMILES string of the molecule is Cc1cc(C)c2cccc(OCc3c(C)ccc(N(C)C(=O)CNC(=O)C=Cc4ccc(C=Cc5ccccn5)nc4)c3C)c2n1. The molecule has 0 aliphatic heterocycles. The third kappa shape index (κ3) is 7.71. The molecule has 3 aromatic heterocycles. The lowest BCUT2D eigenvalue weighted by molar-refractivity contribution is -0.122. The summed E-state index contributed by atoms with van der Waals surface area (Å²) in [5.41, 5.74) is 9.07. The molecule has 0 saturated heterocycles. The van der Waals surface area contributed by atoms with E-state index in [9.17, 15) is 9.59 Å². The maximum Gasteiger partial charge on any atom is 0.246 e. The molecule has 8 heteroatoms. The van der Waals surface area contributed by atoms with Crippen LogP contribution in [0.4, 0.5) is 5.69 Å². The lowest BCUT2D eigenvalue weighted by Gasteiger charge is -2.23. The number of hydrogen-bond acceptors (Lipinski definition) is 6. The third-order valence-electron chi connectivity index (χ3n) is 7.81. The predicted molar refractivity (Wildman–Crippen MR) is 184 cm³/mol. The molecule has 0 fully saturated rings. The van der Waals surface area contributed by atoms with Gasteiger partial charge in [-0.3, -0.25) is 19.6 Å². The molecule has 3 heterocycles. The number of hydrogen-bond donors (Lipinski definition) is 1. The maximum absolute atomic E-state index is 13.1. The molecule has 0 bridgehead atoms. The van der Waals surface area contributed by atoms with Crippen molar-refractivity contribution in [2.45, 2.75) is 34.3 Å². The minimum atomic E-state index is -0.371. The van der Waals surface area contributed by atoms with E-state index in [2.05, 4.69) is 34.3 Å². The van der Waals surface area contributed by atoms with Gasteiger partial charge in [0.1, 0.15) is 17.9 Å². The zero-order valence-corrected chi connectivity index (χ0v) is 26.7. The van der Waals surface area contributed by atoms with E-state index in [1.807, 2.05) is 87.5 Å². The monoisotopic (exact) mass is 611 g/mol. The molecule has 0 saturated carbocycles. The molecule has 0 aliphatic carbocycles. The molecular formula is C38H37N5O3. The molecular weight excluding hydrogens is 574 g/mol. The summed E-state index contributed by atoms with van der Waals surface area (Å²) in [6, 6.07) is 21.4. The number of ether oxygens (including phenoxy) is 1. The Bertz CT molecular complexity index is 1930. The van der Waals surface area contributed by atoms with Gasteiger partial charge in [-0.2, -0.15) is 0 Å². The predicted octanol–water partition coefficient (Wildman–Crippen LogP) is 6.80. The molecule has 46 heavy (non-hydrogen) atoms. The van der Waals surface area contributed by atoms with Crippen molar-refractivity contribution in [3.63, 3.8) is 0 Å². The van der Waals surface area contributed by atoms with Gasteiger partial charge < -0.3 is 15.0 Å². The van der Waals surface area contributed by atoms with Crippen molar-refractivity contribution in [2.75, 3.05) is 18.5 Å². The van der Waals surface area contributed by atoms with Crippen LogP contribution in [0, 0.1) is 27.7 Å². The fourth-order valence-corrected chi connectivity index (χ4v) is 5.19. The first-order valence-electron chi connectivity index (χ1n) is 15.1. The Balaban J connectivity index is 1.18. The van der Waals surface area contributed by atoms with Crippen molar-refractivity contribution in [2.24, 2.45) is 0 Å². The normalized spacial score (nSPS) is 11.3. The molecule has 0 radical (unpaired) electrons. The summed E-state index contributed by atoms with van der Waals surface area (Å²) in [5, 5.41) is 3.75. The van der Waals surface area contributed by atoms with Gasteiger partial charge in [-0.25, -0.2) is 4.98 Å². The second kappa shape index (κ2) is 14.4. The van der Waals surface area contributed by atoms with Gasteiger partial charge in [0.05, 0.1) is 17.9 Å². The molecule has 2 aromatic carbocycles. The van der Waals surface area contributed by atoms with Gasteiger partial charge >= 0.3 is 0 Å². The van der Waals surface area contributed by atoms with E-state index in [-0.39, 0.29) is 18.4 Å². The Kier molecular flexibility index (Phi) is 9.97. The van der Waals surface area contributed by atoms with Crippen LogP contribution < -0.4 is 15.0 Å². The van der Waals surface area contributed by atoms with Crippen molar-refractivity contribution in [3.05, 3.63) is 130 Å². The molecule has 0 aliphatic rings. The Labute approximate surface area is 269 Å². The number of fused-ring (bicyclic) bond motifs is 1. The first-order chi connectivity index (χ1) is 22.2. The van der Waals surface area contributed by atoms with Crippen molar-refractivity contribution >= 4 is 46.6 Å². The zero-order valence-electron chi connectivity index (χ0n) is 26.7. The van der Waals surface area contributed by atoms with Crippen LogP contribution in [0.5, 0.6) is 5.75 Å². The number of anilines is 1. The van der Waals surface area contributed by atoms with Crippen LogP contribution in [0.3, 0.4) is 0 Å². The number of benzene rings is 2. The minimum Gasteiger partial charge on any atom is -0.487 e. The van der Waals surface area contributed by atoms with Crippen LogP contribution in [-0.2, 0) is 16.2 Å². The summed E-state index contributed by atoms with van der Waals surface area (Å²) in [6.45, 7) is 8.25. The Hall–Kier alpha value is -5.63. The summed E-state index contributed by atoms with van der Waals surface area (Å²) < 4.78 is 6.31. The van der Waals surface area contributed by atoms with E-state index in [1.54, 1.807) is 30.4 Å². The lowest BCUT2D eigenvalue weighted by Crippen LogP contribution is -2.38. The van der Waals surface area contributed by atoms with Gasteiger partial charge in [0.2, 0.25) is 11.8 Å². The van der Waals surface area contributed by atoms with Gasteiger partial charge in [-0.15, -0.1) is 0 Å². The van der Waals surface area contributed by atoms with E-state index in [1.165, 1.54) is 6.08 Å². The van der Waals surface area contributed by atoms with Gasteiger partial charge in [0.25, 0.3) is 0 Å². The van der Waals surface area contributed by atoms with E-state index in [0.29, 0.717) is 6.61 Å². The number of aromatic nitrogens is 3. The van der Waals surface area contributed by atoms with Gasteiger partial charge in [-0.1, -0.05) is 30.3 Å². The number of rotatable bonds is 10. The number of likely N-dealkylation sites (N-methyl/N-ethyl adjacent to an activating group) is 1. The zero-order chi connectivity index (χ0) is 32.6. The number of nitrogens with zero attached hydrogens (tertiary/aromatic N) is 4. The molecule has 0 unspecified atom stereocenters. The van der Waals surface area contributed by atoms with Crippen molar-refractivity contribution in [1.29, 1.82) is 0 Å². The summed E-state index contributed by atoms with van der Waals surface area (Å²) >= 11 is 0. The van der Waals surface area contributed by atoms with E-state index in [4.69, 9.17) is 9.72 Å². The van der Waals surface area contributed by atoms with Crippen LogP contribution in [0.2, 0.25) is 0 Å². The standard InChI is InChI=1S/C38H37N5O3/c1-25-12-18-34(28(4)33(25)24-46-35-11-8-10-32-26(2)21-27(3)42-38(32)35)43(5)37(45)23-41-36(44)19-14-29-13-15-31(40-22-29)17-16-30-9-6-7-20-39-30/h6-22H,23-24H2,1-5H3,(H,41,44). The van der Waals surface area contributed by atoms with E-state index in [0.717, 1.165) is 67.2 Å². The van der Waals surface area contributed by atoms with Crippen molar-refractivity contribution in [1.82, 2.24) is 20.3 Å². The van der Waals surface area contributed by atoms with Crippen LogP contribution >= 0.6 is 0 Å². The highest BCUT2D eigenvalue weighted by Gasteiger charge is 2.17. The summed E-state index contributed by atoms with van der Waals surface area (Å²) in [6.07, 6.45) is 10.2. The Morgan fingerprint density at radius 1 is 0.870 bits per heavy atom. The fraction of sp³-hybridized carbons (Fsp3) is 0.184. The second-order valence-electron chi connectivity index (χ2n) is 11.1. The number of nitrogens with one attached hydrogen (secondary N) is 1. The summed E-state index contributed by atoms with van der Waals surface area (Å²) in [4.78, 5) is 40.5. The van der Waals surface area contributed by atoms with Gasteiger partial charge in [0, 0.05) is 42.3 Å². The summed E-state index contributed by atoms with van der Waals surface area (Å²) in [5.74, 6) is 0.109. The number of amides is 2. The molecule has 0 spiro atoms. The Morgan fingerprint density at radius 2 is 1.67 bits per heavy atom. The van der Waals surface area contributed by atoms with Crippen LogP contribution in [-0.4, -0.2) is 40.4 Å². The first kappa shape index (κ1) is 31.8. The fourth-order valence-electron chi connectivity index (χ4n) is 5.19.